The number of unbranched alkanes of at least 4 members (excludes halogenated alkanes) is 1. The second-order valence-corrected chi connectivity index (χ2v) is 6.31. The van der Waals surface area contributed by atoms with E-state index in [9.17, 15) is 9.18 Å². The molecule has 2 rings (SSSR count). The Balaban J connectivity index is 1.76. The van der Waals surface area contributed by atoms with Crippen molar-refractivity contribution in [2.24, 2.45) is 4.99 Å². The van der Waals surface area contributed by atoms with Gasteiger partial charge in [0.1, 0.15) is 5.82 Å². The van der Waals surface area contributed by atoms with Gasteiger partial charge in [0.05, 0.1) is 6.04 Å². The van der Waals surface area contributed by atoms with E-state index in [2.05, 4.69) is 15.6 Å². The molecular weight excluding hydrogens is 331 g/mol. The van der Waals surface area contributed by atoms with E-state index in [1.54, 1.807) is 49.0 Å². The standard InChI is InChI=1S/C20H27FN4O/c1-15-9-10-17(14-18(15)21)16(2)24-20(22-3)23-11-5-7-13-25-12-6-4-8-19(25)26/h4,6,8-10,12,14,16H,5,7,11,13H2,1-3H3,(H2,22,23,24). The molecule has 0 aliphatic rings. The van der Waals surface area contributed by atoms with Crippen LogP contribution in [0.25, 0.3) is 0 Å². The van der Waals surface area contributed by atoms with Crippen molar-refractivity contribution in [3.63, 3.8) is 0 Å². The lowest BCUT2D eigenvalue weighted by atomic mass is 10.1. The third kappa shape index (κ3) is 5.72. The molecule has 0 amide bonds. The number of aryl methyl sites for hydroxylation is 2. The van der Waals surface area contributed by atoms with Gasteiger partial charge in [-0.05, 0) is 49.9 Å². The van der Waals surface area contributed by atoms with Gasteiger partial charge in [0.15, 0.2) is 5.96 Å². The molecule has 140 valence electrons. The number of nitrogens with zero attached hydrogens (tertiary/aromatic N) is 2. The summed E-state index contributed by atoms with van der Waals surface area (Å²) in [5.74, 6) is 0.477. The molecule has 0 bridgehead atoms. The van der Waals surface area contributed by atoms with Gasteiger partial charge < -0.3 is 15.2 Å². The van der Waals surface area contributed by atoms with Crippen molar-refractivity contribution in [2.75, 3.05) is 13.6 Å². The number of hydrogen-bond acceptors (Lipinski definition) is 2. The Kier molecular flexibility index (Phi) is 7.38. The Morgan fingerprint density at radius 2 is 2.08 bits per heavy atom. The second-order valence-electron chi connectivity index (χ2n) is 6.31. The normalized spacial score (nSPS) is 12.7. The van der Waals surface area contributed by atoms with Crippen molar-refractivity contribution in [3.8, 4) is 0 Å². The molecule has 1 unspecified atom stereocenters. The van der Waals surface area contributed by atoms with Gasteiger partial charge in [-0.25, -0.2) is 4.39 Å². The van der Waals surface area contributed by atoms with E-state index in [0.29, 0.717) is 18.1 Å². The second kappa shape index (κ2) is 9.75. The first kappa shape index (κ1) is 19.7. The van der Waals surface area contributed by atoms with E-state index in [1.165, 1.54) is 0 Å². The van der Waals surface area contributed by atoms with E-state index < -0.39 is 0 Å². The molecule has 1 aromatic heterocycles. The topological polar surface area (TPSA) is 58.4 Å². The van der Waals surface area contributed by atoms with Gasteiger partial charge in [0.2, 0.25) is 5.56 Å². The van der Waals surface area contributed by atoms with Gasteiger partial charge in [-0.3, -0.25) is 9.79 Å². The third-order valence-corrected chi connectivity index (χ3v) is 4.29. The zero-order valence-electron chi connectivity index (χ0n) is 15.6. The van der Waals surface area contributed by atoms with Gasteiger partial charge in [0, 0.05) is 32.4 Å². The average molecular weight is 358 g/mol. The molecule has 0 spiro atoms. The van der Waals surface area contributed by atoms with Crippen molar-refractivity contribution < 1.29 is 4.39 Å². The van der Waals surface area contributed by atoms with Gasteiger partial charge in [0.25, 0.3) is 0 Å². The van der Waals surface area contributed by atoms with E-state index in [4.69, 9.17) is 0 Å². The summed E-state index contributed by atoms with van der Waals surface area (Å²) in [6.07, 6.45) is 3.61. The number of halogens is 1. The fourth-order valence-corrected chi connectivity index (χ4v) is 2.62. The Morgan fingerprint density at radius 1 is 1.27 bits per heavy atom. The van der Waals surface area contributed by atoms with Crippen LogP contribution in [0.2, 0.25) is 0 Å². The largest absolute Gasteiger partial charge is 0.356 e. The first-order valence-corrected chi connectivity index (χ1v) is 8.90. The molecule has 2 N–H and O–H groups in total. The van der Waals surface area contributed by atoms with Crippen molar-refractivity contribution in [1.82, 2.24) is 15.2 Å². The smallest absolute Gasteiger partial charge is 0.250 e. The summed E-state index contributed by atoms with van der Waals surface area (Å²) in [6.45, 7) is 5.17. The van der Waals surface area contributed by atoms with E-state index >= 15 is 0 Å². The maximum absolute atomic E-state index is 13.7. The Morgan fingerprint density at radius 3 is 2.77 bits per heavy atom. The van der Waals surface area contributed by atoms with Crippen LogP contribution in [-0.4, -0.2) is 24.1 Å². The van der Waals surface area contributed by atoms with Crippen LogP contribution in [0, 0.1) is 12.7 Å². The fraction of sp³-hybridized carbons (Fsp3) is 0.400. The maximum Gasteiger partial charge on any atom is 0.250 e. The van der Waals surface area contributed by atoms with Gasteiger partial charge in [-0.1, -0.05) is 18.2 Å². The number of nitrogens with one attached hydrogen (secondary N) is 2. The summed E-state index contributed by atoms with van der Waals surface area (Å²) >= 11 is 0. The maximum atomic E-state index is 13.7. The molecule has 0 fully saturated rings. The molecule has 1 atom stereocenters. The monoisotopic (exact) mass is 358 g/mol. The van der Waals surface area contributed by atoms with Crippen LogP contribution < -0.4 is 16.2 Å². The summed E-state index contributed by atoms with van der Waals surface area (Å²) in [5, 5.41) is 6.52. The molecule has 0 saturated carbocycles. The number of pyridine rings is 1. The van der Waals surface area contributed by atoms with E-state index in [1.807, 2.05) is 19.1 Å². The molecule has 0 aliphatic heterocycles. The predicted molar refractivity (Wildman–Crippen MR) is 104 cm³/mol. The predicted octanol–water partition coefficient (Wildman–Crippen LogP) is 3.00. The summed E-state index contributed by atoms with van der Waals surface area (Å²) < 4.78 is 15.4. The number of aromatic nitrogens is 1. The van der Waals surface area contributed by atoms with Crippen LogP contribution in [0.15, 0.2) is 52.4 Å². The highest BCUT2D eigenvalue weighted by Crippen LogP contribution is 2.16. The number of hydrogen-bond donors (Lipinski definition) is 2. The lowest BCUT2D eigenvalue weighted by molar-refractivity contribution is 0.581. The van der Waals surface area contributed by atoms with Gasteiger partial charge in [-0.2, -0.15) is 0 Å². The number of aliphatic imine (C=N–C) groups is 1. The van der Waals surface area contributed by atoms with Crippen LogP contribution in [0.1, 0.15) is 36.9 Å². The highest BCUT2D eigenvalue weighted by atomic mass is 19.1. The molecule has 26 heavy (non-hydrogen) atoms. The van der Waals surface area contributed by atoms with Crippen molar-refractivity contribution >= 4 is 5.96 Å². The van der Waals surface area contributed by atoms with E-state index in [-0.39, 0.29) is 17.4 Å². The minimum Gasteiger partial charge on any atom is -0.356 e. The zero-order valence-corrected chi connectivity index (χ0v) is 15.6. The summed E-state index contributed by atoms with van der Waals surface area (Å²) in [4.78, 5) is 15.8. The van der Waals surface area contributed by atoms with Crippen LogP contribution in [0.5, 0.6) is 0 Å². The van der Waals surface area contributed by atoms with Crippen LogP contribution >= 0.6 is 0 Å². The third-order valence-electron chi connectivity index (χ3n) is 4.29. The first-order chi connectivity index (χ1) is 12.5. The molecule has 0 radical (unpaired) electrons. The average Bonchev–Trinajstić information content (AvgIpc) is 2.64. The van der Waals surface area contributed by atoms with Crippen molar-refractivity contribution in [2.45, 2.75) is 39.3 Å². The highest BCUT2D eigenvalue weighted by molar-refractivity contribution is 5.80. The number of guanidine groups is 1. The zero-order chi connectivity index (χ0) is 18.9. The van der Waals surface area contributed by atoms with Gasteiger partial charge >= 0.3 is 0 Å². The minimum atomic E-state index is -0.199. The minimum absolute atomic E-state index is 0.0251. The van der Waals surface area contributed by atoms with Crippen LogP contribution in [0.3, 0.4) is 0 Å². The van der Waals surface area contributed by atoms with Crippen LogP contribution in [0.4, 0.5) is 4.39 Å². The Bertz CT molecular complexity index is 800. The highest BCUT2D eigenvalue weighted by Gasteiger charge is 2.09. The number of benzene rings is 1. The lowest BCUT2D eigenvalue weighted by Crippen LogP contribution is -2.39. The molecule has 0 saturated heterocycles. The lowest BCUT2D eigenvalue weighted by Gasteiger charge is -2.18. The molecule has 0 aliphatic carbocycles. The molecule has 1 aromatic carbocycles. The Labute approximate surface area is 154 Å². The molecular formula is C20H27FN4O. The Hall–Kier alpha value is -2.63. The SMILES string of the molecule is CN=C(NCCCCn1ccccc1=O)NC(C)c1ccc(C)c(F)c1. The summed E-state index contributed by atoms with van der Waals surface area (Å²) in [7, 11) is 1.71. The van der Waals surface area contributed by atoms with Crippen molar-refractivity contribution in [1.29, 1.82) is 0 Å². The molecule has 2 aromatic rings. The van der Waals surface area contributed by atoms with E-state index in [0.717, 1.165) is 24.9 Å². The molecule has 1 heterocycles. The van der Waals surface area contributed by atoms with Crippen LogP contribution in [-0.2, 0) is 6.54 Å². The number of rotatable bonds is 7. The quantitative estimate of drug-likeness (QED) is 0.454. The molecule has 5 nitrogen and oxygen atoms in total. The first-order valence-electron chi connectivity index (χ1n) is 8.90. The molecule has 6 heteroatoms. The fourth-order valence-electron chi connectivity index (χ4n) is 2.62. The van der Waals surface area contributed by atoms with Gasteiger partial charge in [-0.15, -0.1) is 0 Å². The summed E-state index contributed by atoms with van der Waals surface area (Å²) in [6, 6.07) is 10.4. The van der Waals surface area contributed by atoms with Crippen molar-refractivity contribution in [3.05, 3.63) is 69.9 Å². The summed E-state index contributed by atoms with van der Waals surface area (Å²) in [5.41, 5.74) is 1.54.